The van der Waals surface area contributed by atoms with E-state index in [1.807, 2.05) is 0 Å². The quantitative estimate of drug-likeness (QED) is 0.470. The van der Waals surface area contributed by atoms with Crippen LogP contribution < -0.4 is 19.7 Å². The molecule has 0 fully saturated rings. The molecule has 1 N–H and O–H groups in total. The maximum absolute atomic E-state index is 13.3. The molecule has 0 saturated heterocycles. The van der Waals surface area contributed by atoms with Gasteiger partial charge in [0.1, 0.15) is 11.5 Å². The summed E-state index contributed by atoms with van der Waals surface area (Å²) in [5, 5.41) is 2.79. The van der Waals surface area contributed by atoms with Gasteiger partial charge in [0.2, 0.25) is 0 Å². The number of allylic oxidation sites excluding steroid dienone is 1. The topological polar surface area (TPSA) is 120 Å². The molecule has 10 nitrogen and oxygen atoms in total. The van der Waals surface area contributed by atoms with Crippen LogP contribution in [0.2, 0.25) is 0 Å². The standard InChI is InChI=1S/C25H26N2O8/c1-6-34-24(30)21-14(2)27(17-9-7-8-16(12-17)23(29)33-5)25(31)26-22(21)19-11-10-18(32-4)13-20(19)35-15(3)28/h7-13,22H,6H2,1-5H3,(H,26,31). The van der Waals surface area contributed by atoms with Crippen molar-refractivity contribution in [1.29, 1.82) is 0 Å². The fourth-order valence-electron chi connectivity index (χ4n) is 3.77. The van der Waals surface area contributed by atoms with Crippen LogP contribution in [0.3, 0.4) is 0 Å². The van der Waals surface area contributed by atoms with E-state index in [0.717, 1.165) is 0 Å². The zero-order valence-electron chi connectivity index (χ0n) is 20.0. The third-order valence-corrected chi connectivity index (χ3v) is 5.29. The van der Waals surface area contributed by atoms with E-state index in [2.05, 4.69) is 5.32 Å². The first-order valence-electron chi connectivity index (χ1n) is 10.7. The zero-order chi connectivity index (χ0) is 25.7. The van der Waals surface area contributed by atoms with Gasteiger partial charge in [-0.2, -0.15) is 0 Å². The summed E-state index contributed by atoms with van der Waals surface area (Å²) in [6, 6.07) is 9.42. The number of methoxy groups -OCH3 is 2. The summed E-state index contributed by atoms with van der Waals surface area (Å²) in [6.07, 6.45) is 0. The minimum absolute atomic E-state index is 0.105. The lowest BCUT2D eigenvalue weighted by molar-refractivity contribution is -0.139. The number of hydrogen-bond donors (Lipinski definition) is 1. The molecule has 3 rings (SSSR count). The molecule has 0 radical (unpaired) electrons. The molecule has 184 valence electrons. The molecular formula is C25H26N2O8. The summed E-state index contributed by atoms with van der Waals surface area (Å²) in [5.41, 5.74) is 1.35. The second-order valence-corrected chi connectivity index (χ2v) is 7.48. The fourth-order valence-corrected chi connectivity index (χ4v) is 3.77. The van der Waals surface area contributed by atoms with E-state index < -0.39 is 30.0 Å². The van der Waals surface area contributed by atoms with Crippen LogP contribution in [0, 0.1) is 0 Å². The smallest absolute Gasteiger partial charge is 0.338 e. The average molecular weight is 482 g/mol. The minimum atomic E-state index is -0.984. The highest BCUT2D eigenvalue weighted by Gasteiger charge is 2.38. The molecule has 0 saturated carbocycles. The lowest BCUT2D eigenvalue weighted by Crippen LogP contribution is -2.48. The molecule has 0 aliphatic carbocycles. The molecule has 0 aromatic heterocycles. The van der Waals surface area contributed by atoms with Crippen molar-refractivity contribution in [3.63, 3.8) is 0 Å². The fraction of sp³-hybridized carbons (Fsp3) is 0.280. The van der Waals surface area contributed by atoms with E-state index in [-0.39, 0.29) is 29.2 Å². The molecule has 0 spiro atoms. The molecular weight excluding hydrogens is 456 g/mol. The Morgan fingerprint density at radius 2 is 1.80 bits per heavy atom. The van der Waals surface area contributed by atoms with E-state index in [1.165, 1.54) is 38.2 Å². The van der Waals surface area contributed by atoms with Crippen molar-refractivity contribution in [2.24, 2.45) is 0 Å². The van der Waals surface area contributed by atoms with Crippen molar-refractivity contribution in [1.82, 2.24) is 5.32 Å². The van der Waals surface area contributed by atoms with E-state index in [4.69, 9.17) is 18.9 Å². The first-order chi connectivity index (χ1) is 16.7. The normalized spacial score (nSPS) is 15.3. The number of benzene rings is 2. The van der Waals surface area contributed by atoms with Crippen LogP contribution in [0.15, 0.2) is 53.7 Å². The Morgan fingerprint density at radius 3 is 2.43 bits per heavy atom. The summed E-state index contributed by atoms with van der Waals surface area (Å²) in [5.74, 6) is -1.27. The van der Waals surface area contributed by atoms with Gasteiger partial charge in [-0.1, -0.05) is 6.07 Å². The van der Waals surface area contributed by atoms with Crippen molar-refractivity contribution in [3.8, 4) is 11.5 Å². The van der Waals surface area contributed by atoms with Crippen LogP contribution >= 0.6 is 0 Å². The van der Waals surface area contributed by atoms with Gasteiger partial charge in [0.15, 0.2) is 0 Å². The molecule has 2 amide bonds. The van der Waals surface area contributed by atoms with Crippen molar-refractivity contribution in [3.05, 3.63) is 64.9 Å². The second kappa shape index (κ2) is 10.7. The van der Waals surface area contributed by atoms with E-state index >= 15 is 0 Å². The zero-order valence-corrected chi connectivity index (χ0v) is 20.0. The van der Waals surface area contributed by atoms with E-state index in [1.54, 1.807) is 44.2 Å². The van der Waals surface area contributed by atoms with Crippen molar-refractivity contribution in [2.75, 3.05) is 25.7 Å². The Labute approximate surface area is 202 Å². The first kappa shape index (κ1) is 25.3. The largest absolute Gasteiger partial charge is 0.497 e. The van der Waals surface area contributed by atoms with Gasteiger partial charge < -0.3 is 24.3 Å². The number of hydrogen-bond acceptors (Lipinski definition) is 8. The molecule has 1 aliphatic heterocycles. The number of anilines is 1. The number of ether oxygens (including phenoxy) is 4. The highest BCUT2D eigenvalue weighted by atomic mass is 16.5. The molecule has 35 heavy (non-hydrogen) atoms. The number of carbonyl (C=O) groups excluding carboxylic acids is 4. The van der Waals surface area contributed by atoms with Gasteiger partial charge in [0, 0.05) is 24.3 Å². The Balaban J connectivity index is 2.19. The SMILES string of the molecule is CCOC(=O)C1=C(C)N(c2cccc(C(=O)OC)c2)C(=O)NC1c1ccc(OC)cc1OC(C)=O. The number of amides is 2. The lowest BCUT2D eigenvalue weighted by atomic mass is 9.93. The number of nitrogens with one attached hydrogen (secondary N) is 1. The van der Waals surface area contributed by atoms with Crippen LogP contribution in [0.25, 0.3) is 0 Å². The van der Waals surface area contributed by atoms with Crippen LogP contribution in [0.1, 0.15) is 42.7 Å². The van der Waals surface area contributed by atoms with Gasteiger partial charge in [0.05, 0.1) is 43.7 Å². The number of carbonyl (C=O) groups is 4. The summed E-state index contributed by atoms with van der Waals surface area (Å²) >= 11 is 0. The van der Waals surface area contributed by atoms with Crippen LogP contribution in [0.5, 0.6) is 11.5 Å². The van der Waals surface area contributed by atoms with E-state index in [9.17, 15) is 19.2 Å². The Kier molecular flexibility index (Phi) is 7.75. The second-order valence-electron chi connectivity index (χ2n) is 7.48. The third kappa shape index (κ3) is 5.26. The molecule has 0 bridgehead atoms. The molecule has 10 heteroatoms. The predicted molar refractivity (Wildman–Crippen MR) is 125 cm³/mol. The molecule has 2 aromatic carbocycles. The molecule has 1 unspecified atom stereocenters. The Bertz CT molecular complexity index is 1200. The molecule has 1 heterocycles. The monoisotopic (exact) mass is 482 g/mol. The van der Waals surface area contributed by atoms with Gasteiger partial charge in [0.25, 0.3) is 0 Å². The van der Waals surface area contributed by atoms with Crippen molar-refractivity contribution < 1.29 is 38.1 Å². The predicted octanol–water partition coefficient (Wildman–Crippen LogP) is 3.52. The molecule has 1 aliphatic rings. The van der Waals surface area contributed by atoms with Crippen molar-refractivity contribution in [2.45, 2.75) is 26.8 Å². The molecule has 1 atom stereocenters. The van der Waals surface area contributed by atoms with Crippen LogP contribution in [-0.2, 0) is 19.1 Å². The Morgan fingerprint density at radius 1 is 1.06 bits per heavy atom. The summed E-state index contributed by atoms with van der Waals surface area (Å²) in [7, 11) is 2.72. The highest BCUT2D eigenvalue weighted by Crippen LogP contribution is 2.39. The van der Waals surface area contributed by atoms with Gasteiger partial charge in [-0.15, -0.1) is 0 Å². The van der Waals surface area contributed by atoms with E-state index in [0.29, 0.717) is 17.0 Å². The van der Waals surface area contributed by atoms with Crippen LogP contribution in [-0.4, -0.2) is 44.8 Å². The Hall–Kier alpha value is -4.34. The maximum Gasteiger partial charge on any atom is 0.338 e. The van der Waals surface area contributed by atoms with Gasteiger partial charge in [-0.25, -0.2) is 14.4 Å². The summed E-state index contributed by atoms with van der Waals surface area (Å²) < 4.78 is 20.6. The van der Waals surface area contributed by atoms with Crippen LogP contribution in [0.4, 0.5) is 10.5 Å². The number of rotatable bonds is 7. The average Bonchev–Trinajstić information content (AvgIpc) is 2.83. The maximum atomic E-state index is 13.3. The lowest BCUT2D eigenvalue weighted by Gasteiger charge is -2.35. The number of urea groups is 1. The number of nitrogens with zero attached hydrogens (tertiary/aromatic N) is 1. The van der Waals surface area contributed by atoms with Gasteiger partial charge >= 0.3 is 23.9 Å². The minimum Gasteiger partial charge on any atom is -0.497 e. The first-order valence-corrected chi connectivity index (χ1v) is 10.7. The molecule has 2 aromatic rings. The third-order valence-electron chi connectivity index (χ3n) is 5.29. The number of esters is 3. The summed E-state index contributed by atoms with van der Waals surface area (Å²) in [4.78, 5) is 51.4. The van der Waals surface area contributed by atoms with Crippen molar-refractivity contribution >= 4 is 29.6 Å². The highest BCUT2D eigenvalue weighted by molar-refractivity contribution is 6.04. The van der Waals surface area contributed by atoms with Gasteiger partial charge in [-0.3, -0.25) is 9.69 Å². The summed E-state index contributed by atoms with van der Waals surface area (Å²) in [6.45, 7) is 4.61. The van der Waals surface area contributed by atoms with Gasteiger partial charge in [-0.05, 0) is 44.2 Å².